The monoisotopic (exact) mass is 288 g/mol. The number of ether oxygens (including phenoxy) is 2. The van der Waals surface area contributed by atoms with Gasteiger partial charge >= 0.3 is 6.01 Å². The number of hydrogen-bond donors (Lipinski definition) is 1. The molecule has 7 heteroatoms. The highest BCUT2D eigenvalue weighted by molar-refractivity contribution is 6.28. The van der Waals surface area contributed by atoms with E-state index in [-0.39, 0.29) is 23.0 Å². The third-order valence-corrected chi connectivity index (χ3v) is 2.31. The summed E-state index contributed by atoms with van der Waals surface area (Å²) in [5, 5.41) is 3.17. The van der Waals surface area contributed by atoms with Gasteiger partial charge in [-0.25, -0.2) is 0 Å². The van der Waals surface area contributed by atoms with Crippen LogP contribution in [0.5, 0.6) is 6.01 Å². The van der Waals surface area contributed by atoms with Crippen molar-refractivity contribution in [1.82, 2.24) is 15.0 Å². The predicted octanol–water partition coefficient (Wildman–Crippen LogP) is 2.54. The summed E-state index contributed by atoms with van der Waals surface area (Å²) in [6.07, 6.45) is -0.0221. The first kappa shape index (κ1) is 15.9. The van der Waals surface area contributed by atoms with E-state index in [0.29, 0.717) is 19.1 Å². The Kier molecular flexibility index (Phi) is 5.75. The van der Waals surface area contributed by atoms with Gasteiger partial charge in [0.1, 0.15) is 0 Å². The number of halogens is 1. The zero-order chi connectivity index (χ0) is 14.5. The second-order valence-electron chi connectivity index (χ2n) is 4.92. The SMILES string of the molecule is CCOC(C)(C)CNc1nc(Cl)nc(OC(C)C)n1. The van der Waals surface area contributed by atoms with Gasteiger partial charge in [-0.2, -0.15) is 15.0 Å². The van der Waals surface area contributed by atoms with Gasteiger partial charge in [0.2, 0.25) is 11.2 Å². The van der Waals surface area contributed by atoms with Gasteiger partial charge in [0.15, 0.2) is 0 Å². The molecular formula is C12H21ClN4O2. The van der Waals surface area contributed by atoms with Crippen molar-refractivity contribution in [2.24, 2.45) is 0 Å². The zero-order valence-corrected chi connectivity index (χ0v) is 12.8. The van der Waals surface area contributed by atoms with Crippen LogP contribution in [0.15, 0.2) is 0 Å². The van der Waals surface area contributed by atoms with E-state index < -0.39 is 0 Å². The standard InChI is InChI=1S/C12H21ClN4O2/c1-6-18-12(4,5)7-14-10-15-9(13)16-11(17-10)19-8(2)3/h8H,6-7H2,1-5H3,(H,14,15,16,17). The Bertz CT molecular complexity index is 413. The third-order valence-electron chi connectivity index (χ3n) is 2.14. The molecule has 1 N–H and O–H groups in total. The first-order valence-corrected chi connectivity index (χ1v) is 6.66. The van der Waals surface area contributed by atoms with Crippen LogP contribution in [0.2, 0.25) is 5.28 Å². The van der Waals surface area contributed by atoms with Gasteiger partial charge in [0, 0.05) is 13.2 Å². The average molecular weight is 289 g/mol. The quantitative estimate of drug-likeness (QED) is 0.831. The lowest BCUT2D eigenvalue weighted by Gasteiger charge is -2.24. The van der Waals surface area contributed by atoms with Crippen LogP contribution in [0.1, 0.15) is 34.6 Å². The van der Waals surface area contributed by atoms with E-state index in [2.05, 4.69) is 20.3 Å². The molecule has 1 heterocycles. The number of hydrogen-bond acceptors (Lipinski definition) is 6. The summed E-state index contributed by atoms with van der Waals surface area (Å²) in [6.45, 7) is 10.9. The molecule has 0 atom stereocenters. The normalized spacial score (nSPS) is 11.7. The van der Waals surface area contributed by atoms with Gasteiger partial charge in [0.05, 0.1) is 11.7 Å². The number of nitrogens with zero attached hydrogens (tertiary/aromatic N) is 3. The van der Waals surface area contributed by atoms with Crippen LogP contribution in [0, 0.1) is 0 Å². The molecule has 0 fully saturated rings. The molecule has 0 aliphatic heterocycles. The summed E-state index contributed by atoms with van der Waals surface area (Å²) >= 11 is 5.83. The molecule has 1 rings (SSSR count). The molecule has 0 bridgehead atoms. The summed E-state index contributed by atoms with van der Waals surface area (Å²) in [7, 11) is 0. The largest absolute Gasteiger partial charge is 0.461 e. The van der Waals surface area contributed by atoms with E-state index >= 15 is 0 Å². The van der Waals surface area contributed by atoms with E-state index in [1.807, 2.05) is 34.6 Å². The molecule has 1 aromatic heterocycles. The van der Waals surface area contributed by atoms with Gasteiger partial charge in [0.25, 0.3) is 0 Å². The number of nitrogens with one attached hydrogen (secondary N) is 1. The van der Waals surface area contributed by atoms with E-state index in [4.69, 9.17) is 21.1 Å². The average Bonchev–Trinajstić information content (AvgIpc) is 2.24. The Morgan fingerprint density at radius 2 is 1.95 bits per heavy atom. The molecule has 0 radical (unpaired) electrons. The number of aromatic nitrogens is 3. The van der Waals surface area contributed by atoms with E-state index in [0.717, 1.165) is 0 Å². The van der Waals surface area contributed by atoms with Crippen LogP contribution < -0.4 is 10.1 Å². The van der Waals surface area contributed by atoms with Crippen molar-refractivity contribution in [2.75, 3.05) is 18.5 Å². The van der Waals surface area contributed by atoms with Gasteiger partial charge < -0.3 is 14.8 Å². The summed E-state index contributed by atoms with van der Waals surface area (Å²) in [4.78, 5) is 12.0. The third kappa shape index (κ3) is 6.02. The molecular weight excluding hydrogens is 268 g/mol. The molecule has 0 saturated heterocycles. The fourth-order valence-electron chi connectivity index (χ4n) is 1.41. The van der Waals surface area contributed by atoms with Crippen molar-refractivity contribution in [2.45, 2.75) is 46.3 Å². The molecule has 108 valence electrons. The van der Waals surface area contributed by atoms with E-state index in [1.54, 1.807) is 0 Å². The Morgan fingerprint density at radius 1 is 1.26 bits per heavy atom. The number of rotatable bonds is 7. The van der Waals surface area contributed by atoms with Crippen molar-refractivity contribution in [3.8, 4) is 6.01 Å². The first-order chi connectivity index (χ1) is 8.82. The van der Waals surface area contributed by atoms with Gasteiger partial charge in [-0.05, 0) is 46.2 Å². The molecule has 0 aromatic carbocycles. The molecule has 0 amide bonds. The number of anilines is 1. The second-order valence-corrected chi connectivity index (χ2v) is 5.26. The zero-order valence-electron chi connectivity index (χ0n) is 12.0. The molecule has 6 nitrogen and oxygen atoms in total. The van der Waals surface area contributed by atoms with Gasteiger partial charge in [-0.15, -0.1) is 0 Å². The lowest BCUT2D eigenvalue weighted by Crippen LogP contribution is -2.33. The van der Waals surface area contributed by atoms with Crippen molar-refractivity contribution < 1.29 is 9.47 Å². The maximum Gasteiger partial charge on any atom is 0.322 e. The first-order valence-electron chi connectivity index (χ1n) is 6.28. The fourth-order valence-corrected chi connectivity index (χ4v) is 1.56. The fraction of sp³-hybridized carbons (Fsp3) is 0.750. The topological polar surface area (TPSA) is 69.2 Å². The minimum Gasteiger partial charge on any atom is -0.461 e. The highest BCUT2D eigenvalue weighted by Gasteiger charge is 2.18. The molecule has 1 aromatic rings. The molecule has 0 spiro atoms. The highest BCUT2D eigenvalue weighted by atomic mass is 35.5. The molecule has 0 saturated carbocycles. The predicted molar refractivity (Wildman–Crippen MR) is 74.8 cm³/mol. The highest BCUT2D eigenvalue weighted by Crippen LogP contribution is 2.14. The lowest BCUT2D eigenvalue weighted by atomic mass is 10.1. The van der Waals surface area contributed by atoms with Crippen molar-refractivity contribution >= 4 is 17.5 Å². The molecule has 0 unspecified atom stereocenters. The Hall–Kier alpha value is -1.14. The molecule has 0 aliphatic carbocycles. The van der Waals surface area contributed by atoms with Crippen molar-refractivity contribution in [1.29, 1.82) is 0 Å². The maximum atomic E-state index is 5.83. The minimum absolute atomic E-state index is 0.0221. The van der Waals surface area contributed by atoms with Crippen LogP contribution >= 0.6 is 11.6 Å². The molecule has 19 heavy (non-hydrogen) atoms. The van der Waals surface area contributed by atoms with Crippen LogP contribution in [-0.2, 0) is 4.74 Å². The summed E-state index contributed by atoms with van der Waals surface area (Å²) in [5.74, 6) is 0.378. The van der Waals surface area contributed by atoms with E-state index in [1.165, 1.54) is 0 Å². The summed E-state index contributed by atoms with van der Waals surface area (Å²) in [6, 6.07) is 0.215. The Balaban J connectivity index is 2.70. The minimum atomic E-state index is -0.313. The molecule has 0 aliphatic rings. The van der Waals surface area contributed by atoms with Crippen molar-refractivity contribution in [3.05, 3.63) is 5.28 Å². The van der Waals surface area contributed by atoms with Crippen LogP contribution in [-0.4, -0.2) is 39.8 Å². The summed E-state index contributed by atoms with van der Waals surface area (Å²) < 4.78 is 11.0. The Labute approximate surface area is 118 Å². The summed E-state index contributed by atoms with van der Waals surface area (Å²) in [5.41, 5.74) is -0.313. The second kappa shape index (κ2) is 6.86. The lowest BCUT2D eigenvalue weighted by molar-refractivity contribution is 0.000560. The Morgan fingerprint density at radius 3 is 2.53 bits per heavy atom. The smallest absolute Gasteiger partial charge is 0.322 e. The van der Waals surface area contributed by atoms with E-state index in [9.17, 15) is 0 Å². The van der Waals surface area contributed by atoms with Crippen LogP contribution in [0.4, 0.5) is 5.95 Å². The van der Waals surface area contributed by atoms with Crippen LogP contribution in [0.3, 0.4) is 0 Å². The van der Waals surface area contributed by atoms with Gasteiger partial charge in [-0.1, -0.05) is 0 Å². The van der Waals surface area contributed by atoms with Crippen molar-refractivity contribution in [3.63, 3.8) is 0 Å². The van der Waals surface area contributed by atoms with Gasteiger partial charge in [-0.3, -0.25) is 0 Å². The maximum absolute atomic E-state index is 5.83. The van der Waals surface area contributed by atoms with Crippen LogP contribution in [0.25, 0.3) is 0 Å².